The van der Waals surface area contributed by atoms with E-state index in [2.05, 4.69) is 17.2 Å². The van der Waals surface area contributed by atoms with Gasteiger partial charge in [-0.15, -0.1) is 0 Å². The zero-order chi connectivity index (χ0) is 15.6. The summed E-state index contributed by atoms with van der Waals surface area (Å²) in [4.78, 5) is 0. The van der Waals surface area contributed by atoms with Crippen LogP contribution in [0.1, 0.15) is 11.1 Å². The Morgan fingerprint density at radius 3 is 2.57 bits per heavy atom. The van der Waals surface area contributed by atoms with Gasteiger partial charge in [0.25, 0.3) is 0 Å². The fourth-order valence-electron chi connectivity index (χ4n) is 2.74. The Hall–Kier alpha value is -2.85. The Morgan fingerprint density at radius 2 is 1.78 bits per heavy atom. The summed E-state index contributed by atoms with van der Waals surface area (Å²) in [6.07, 6.45) is 1.87. The maximum atomic E-state index is 9.64. The van der Waals surface area contributed by atoms with Crippen LogP contribution in [0, 0.1) is 0 Å². The molecule has 0 unspecified atom stereocenters. The molecule has 1 N–H and O–H groups in total. The third-order valence-electron chi connectivity index (χ3n) is 3.85. The van der Waals surface area contributed by atoms with E-state index in [1.807, 2.05) is 59.4 Å². The van der Waals surface area contributed by atoms with E-state index in [-0.39, 0.29) is 6.61 Å². The lowest BCUT2D eigenvalue weighted by atomic mass is 10.2. The van der Waals surface area contributed by atoms with E-state index in [9.17, 15) is 5.11 Å². The molecule has 0 saturated carbocycles. The lowest BCUT2D eigenvalue weighted by Gasteiger charge is -2.00. The molecule has 4 heteroatoms. The first kappa shape index (κ1) is 13.8. The molecule has 4 aromatic rings. The van der Waals surface area contributed by atoms with E-state index in [1.54, 1.807) is 0 Å². The van der Waals surface area contributed by atoms with Gasteiger partial charge in [-0.05, 0) is 17.7 Å². The third-order valence-corrected chi connectivity index (χ3v) is 3.85. The molecule has 0 radical (unpaired) electrons. The molecule has 2 aromatic heterocycles. The predicted molar refractivity (Wildman–Crippen MR) is 88.9 cm³/mol. The fraction of sp³-hybridized carbons (Fsp3) is 0.105. The maximum absolute atomic E-state index is 9.64. The minimum absolute atomic E-state index is 0.0683. The second-order valence-electron chi connectivity index (χ2n) is 5.49. The summed E-state index contributed by atoms with van der Waals surface area (Å²) in [6.45, 7) is 0.592. The van der Waals surface area contributed by atoms with Crippen LogP contribution in [0.15, 0.2) is 71.3 Å². The van der Waals surface area contributed by atoms with Crippen molar-refractivity contribution in [2.24, 2.45) is 0 Å². The van der Waals surface area contributed by atoms with Gasteiger partial charge in [-0.25, -0.2) is 0 Å². The van der Waals surface area contributed by atoms with Crippen LogP contribution in [0.5, 0.6) is 0 Å². The average molecular weight is 304 g/mol. The number of hydrogen-bond donors (Lipinski definition) is 1. The first-order valence-electron chi connectivity index (χ1n) is 7.53. The van der Waals surface area contributed by atoms with Crippen molar-refractivity contribution in [1.29, 1.82) is 0 Å². The molecule has 2 heterocycles. The highest BCUT2D eigenvalue weighted by atomic mass is 16.3. The zero-order valence-electron chi connectivity index (χ0n) is 12.5. The van der Waals surface area contributed by atoms with E-state index in [4.69, 9.17) is 4.42 Å². The number of aliphatic hydroxyl groups is 1. The largest absolute Gasteiger partial charge is 0.454 e. The summed E-state index contributed by atoms with van der Waals surface area (Å²) < 4.78 is 7.71. The lowest BCUT2D eigenvalue weighted by Crippen LogP contribution is -1.99. The Morgan fingerprint density at radius 1 is 1.00 bits per heavy atom. The number of furan rings is 1. The van der Waals surface area contributed by atoms with Gasteiger partial charge in [0.1, 0.15) is 11.3 Å². The van der Waals surface area contributed by atoms with Crippen LogP contribution >= 0.6 is 0 Å². The maximum Gasteiger partial charge on any atom is 0.156 e. The number of aliphatic hydroxyl groups excluding tert-OH is 1. The molecule has 4 rings (SSSR count). The smallest absolute Gasteiger partial charge is 0.156 e. The van der Waals surface area contributed by atoms with Crippen LogP contribution in [0.4, 0.5) is 0 Å². The Labute approximate surface area is 133 Å². The van der Waals surface area contributed by atoms with Crippen LogP contribution < -0.4 is 0 Å². The molecular weight excluding hydrogens is 288 g/mol. The van der Waals surface area contributed by atoms with Crippen LogP contribution in [-0.2, 0) is 13.2 Å². The molecule has 0 aliphatic carbocycles. The fourth-order valence-corrected chi connectivity index (χ4v) is 2.74. The third kappa shape index (κ3) is 2.64. The van der Waals surface area contributed by atoms with Gasteiger partial charge in [-0.3, -0.25) is 4.68 Å². The number of benzene rings is 2. The van der Waals surface area contributed by atoms with Gasteiger partial charge >= 0.3 is 0 Å². The van der Waals surface area contributed by atoms with Gasteiger partial charge in [0.05, 0.1) is 13.2 Å². The second-order valence-corrected chi connectivity index (χ2v) is 5.49. The first-order valence-corrected chi connectivity index (χ1v) is 7.53. The van der Waals surface area contributed by atoms with Crippen molar-refractivity contribution >= 4 is 11.0 Å². The van der Waals surface area contributed by atoms with Crippen molar-refractivity contribution in [3.05, 3.63) is 78.0 Å². The quantitative estimate of drug-likeness (QED) is 0.623. The number of nitrogens with zero attached hydrogens (tertiary/aromatic N) is 2. The Bertz CT molecular complexity index is 905. The van der Waals surface area contributed by atoms with Gasteiger partial charge in [0.15, 0.2) is 5.76 Å². The highest BCUT2D eigenvalue weighted by Crippen LogP contribution is 2.29. The second kappa shape index (κ2) is 5.74. The van der Waals surface area contributed by atoms with E-state index >= 15 is 0 Å². The van der Waals surface area contributed by atoms with E-state index < -0.39 is 0 Å². The van der Waals surface area contributed by atoms with Gasteiger partial charge < -0.3 is 9.52 Å². The van der Waals surface area contributed by atoms with E-state index in [0.29, 0.717) is 18.0 Å². The van der Waals surface area contributed by atoms with Crippen molar-refractivity contribution in [3.8, 4) is 11.5 Å². The number of hydrogen-bond acceptors (Lipinski definition) is 3. The van der Waals surface area contributed by atoms with Crippen molar-refractivity contribution in [1.82, 2.24) is 9.78 Å². The van der Waals surface area contributed by atoms with Crippen molar-refractivity contribution in [2.75, 3.05) is 0 Å². The van der Waals surface area contributed by atoms with Gasteiger partial charge in [-0.2, -0.15) is 5.10 Å². The minimum Gasteiger partial charge on any atom is -0.454 e. The summed E-state index contributed by atoms with van der Waals surface area (Å²) in [5.74, 6) is 0.682. The van der Waals surface area contributed by atoms with Crippen LogP contribution in [-0.4, -0.2) is 14.9 Å². The van der Waals surface area contributed by atoms with Crippen LogP contribution in [0.3, 0.4) is 0 Å². The van der Waals surface area contributed by atoms with Crippen LogP contribution in [0.25, 0.3) is 22.4 Å². The Kier molecular flexibility index (Phi) is 3.44. The molecule has 0 bridgehead atoms. The summed E-state index contributed by atoms with van der Waals surface area (Å²) in [5, 5.41) is 15.3. The molecule has 0 spiro atoms. The number of para-hydroxylation sites is 1. The summed E-state index contributed by atoms with van der Waals surface area (Å²) in [7, 11) is 0. The zero-order valence-corrected chi connectivity index (χ0v) is 12.5. The number of aromatic nitrogens is 2. The molecule has 4 nitrogen and oxygen atoms in total. The van der Waals surface area contributed by atoms with Gasteiger partial charge in [-0.1, -0.05) is 48.5 Å². The molecule has 0 saturated heterocycles. The number of rotatable bonds is 4. The van der Waals surface area contributed by atoms with Crippen molar-refractivity contribution < 1.29 is 9.52 Å². The molecule has 0 aliphatic rings. The predicted octanol–water partition coefficient (Wildman–Crippen LogP) is 3.84. The van der Waals surface area contributed by atoms with Crippen LogP contribution in [0.2, 0.25) is 0 Å². The van der Waals surface area contributed by atoms with Gasteiger partial charge in [0.2, 0.25) is 0 Å². The molecule has 0 aliphatic heterocycles. The van der Waals surface area contributed by atoms with Gasteiger partial charge in [0, 0.05) is 17.1 Å². The molecule has 0 fully saturated rings. The summed E-state index contributed by atoms with van der Waals surface area (Å²) >= 11 is 0. The Balaban J connectivity index is 1.73. The summed E-state index contributed by atoms with van der Waals surface area (Å²) in [5.41, 5.74) is 3.44. The molecule has 0 atom stereocenters. The topological polar surface area (TPSA) is 51.2 Å². The van der Waals surface area contributed by atoms with E-state index in [1.165, 1.54) is 0 Å². The van der Waals surface area contributed by atoms with Crippen molar-refractivity contribution in [3.63, 3.8) is 0 Å². The average Bonchev–Trinajstić information content (AvgIpc) is 3.19. The SMILES string of the molecule is OCc1cn(Cc2ccccc2)nc1-c1cc2ccccc2o1. The van der Waals surface area contributed by atoms with Crippen molar-refractivity contribution in [2.45, 2.75) is 13.2 Å². The molecule has 114 valence electrons. The summed E-state index contributed by atoms with van der Waals surface area (Å²) in [6, 6.07) is 19.9. The highest BCUT2D eigenvalue weighted by molar-refractivity contribution is 5.82. The molecule has 2 aromatic carbocycles. The molecular formula is C19H16N2O2. The normalized spacial score (nSPS) is 11.2. The molecule has 0 amide bonds. The molecule has 23 heavy (non-hydrogen) atoms. The minimum atomic E-state index is -0.0683. The highest BCUT2D eigenvalue weighted by Gasteiger charge is 2.15. The lowest BCUT2D eigenvalue weighted by molar-refractivity contribution is 0.282. The number of fused-ring (bicyclic) bond motifs is 1. The monoisotopic (exact) mass is 304 g/mol. The standard InChI is InChI=1S/C19H16N2O2/c22-13-16-12-21(11-14-6-2-1-3-7-14)20-19(16)18-10-15-8-4-5-9-17(15)23-18/h1-10,12,22H,11,13H2. The first-order chi connectivity index (χ1) is 11.3. The van der Waals surface area contributed by atoms with E-state index in [0.717, 1.165) is 22.1 Å².